The molecule has 22 heavy (non-hydrogen) atoms. The summed E-state index contributed by atoms with van der Waals surface area (Å²) in [4.78, 5) is 15.6. The van der Waals surface area contributed by atoms with Gasteiger partial charge < -0.3 is 4.90 Å². The van der Waals surface area contributed by atoms with Crippen molar-refractivity contribution in [1.29, 1.82) is 0 Å². The topological polar surface area (TPSA) is 23.6 Å². The highest BCUT2D eigenvalue weighted by atomic mass is 32.2. The Labute approximate surface area is 139 Å². The molecule has 0 N–H and O–H groups in total. The van der Waals surface area contributed by atoms with E-state index in [2.05, 4.69) is 25.7 Å². The van der Waals surface area contributed by atoms with E-state index in [-0.39, 0.29) is 11.3 Å². The van der Waals surface area contributed by atoms with Crippen LogP contribution in [-0.4, -0.2) is 36.7 Å². The Morgan fingerprint density at radius 2 is 1.86 bits per heavy atom. The molecule has 122 valence electrons. The summed E-state index contributed by atoms with van der Waals surface area (Å²) in [6.07, 6.45) is 3.87. The molecule has 0 unspecified atom stereocenters. The van der Waals surface area contributed by atoms with Crippen LogP contribution < -0.4 is 4.31 Å². The van der Waals surface area contributed by atoms with Gasteiger partial charge in [-0.1, -0.05) is 39.0 Å². The van der Waals surface area contributed by atoms with Gasteiger partial charge >= 0.3 is 0 Å². The summed E-state index contributed by atoms with van der Waals surface area (Å²) in [5.74, 6) is 0.933. The van der Waals surface area contributed by atoms with Crippen LogP contribution in [0.1, 0.15) is 33.6 Å². The first-order chi connectivity index (χ1) is 10.5. The fourth-order valence-electron chi connectivity index (χ4n) is 3.07. The fraction of sp³-hybridized carbons (Fsp3) is 0.611. The molecule has 0 spiro atoms. The minimum atomic E-state index is -0.244. The molecule has 4 heteroatoms. The normalized spacial score (nSPS) is 18.4. The van der Waals surface area contributed by atoms with Crippen molar-refractivity contribution >= 4 is 23.5 Å². The Kier molecular flexibility index (Phi) is 5.93. The Balaban J connectivity index is 2.05. The standard InChI is InChI=1S/C18H28N2OS/c1-15(2)14-19-12-10-18(3,11-13-19)17(21)20(22-4)16-8-6-5-7-9-16/h5-9,15H,10-14H2,1-4H3. The third-order valence-corrected chi connectivity index (χ3v) is 5.20. The monoisotopic (exact) mass is 320 g/mol. The molecule has 1 fully saturated rings. The average Bonchev–Trinajstić information content (AvgIpc) is 2.51. The van der Waals surface area contributed by atoms with Gasteiger partial charge in [-0.05, 0) is 55.9 Å². The maximum absolute atomic E-state index is 13.1. The zero-order valence-corrected chi connectivity index (χ0v) is 15.0. The minimum Gasteiger partial charge on any atom is -0.303 e. The quantitative estimate of drug-likeness (QED) is 0.765. The van der Waals surface area contributed by atoms with Gasteiger partial charge in [0.15, 0.2) is 0 Å². The third-order valence-electron chi connectivity index (χ3n) is 4.46. The molecule has 1 aromatic carbocycles. The van der Waals surface area contributed by atoms with E-state index in [0.717, 1.165) is 38.2 Å². The molecule has 1 heterocycles. The number of nitrogens with zero attached hydrogens (tertiary/aromatic N) is 2. The van der Waals surface area contributed by atoms with Gasteiger partial charge in [-0.15, -0.1) is 0 Å². The van der Waals surface area contributed by atoms with E-state index in [4.69, 9.17) is 0 Å². The van der Waals surface area contributed by atoms with Gasteiger partial charge in [-0.2, -0.15) is 0 Å². The SMILES string of the molecule is CSN(C(=O)C1(C)CCN(CC(C)C)CC1)c1ccccc1. The van der Waals surface area contributed by atoms with Gasteiger partial charge in [-0.3, -0.25) is 9.10 Å². The van der Waals surface area contributed by atoms with E-state index in [0.29, 0.717) is 5.92 Å². The molecule has 0 atom stereocenters. The molecule has 0 aliphatic carbocycles. The average molecular weight is 321 g/mol. The number of likely N-dealkylation sites (tertiary alicyclic amines) is 1. The second-order valence-corrected chi connectivity index (χ2v) is 7.60. The van der Waals surface area contributed by atoms with Crippen molar-refractivity contribution < 1.29 is 4.79 Å². The molecule has 1 aliphatic rings. The number of anilines is 1. The van der Waals surface area contributed by atoms with Crippen LogP contribution >= 0.6 is 11.9 Å². The first-order valence-electron chi connectivity index (χ1n) is 8.12. The highest BCUT2D eigenvalue weighted by Crippen LogP contribution is 2.36. The van der Waals surface area contributed by atoms with Crippen LogP contribution in [0.15, 0.2) is 30.3 Å². The van der Waals surface area contributed by atoms with Gasteiger partial charge in [0, 0.05) is 12.8 Å². The minimum absolute atomic E-state index is 0.244. The van der Waals surface area contributed by atoms with Crippen molar-refractivity contribution in [3.05, 3.63) is 30.3 Å². The Morgan fingerprint density at radius 3 is 2.36 bits per heavy atom. The lowest BCUT2D eigenvalue weighted by Gasteiger charge is -2.40. The zero-order chi connectivity index (χ0) is 16.2. The number of hydrogen-bond acceptors (Lipinski definition) is 3. The molecule has 1 saturated heterocycles. The molecular weight excluding hydrogens is 292 g/mol. The van der Waals surface area contributed by atoms with Crippen molar-refractivity contribution in [2.75, 3.05) is 30.2 Å². The number of benzene rings is 1. The highest BCUT2D eigenvalue weighted by molar-refractivity contribution is 8.00. The van der Waals surface area contributed by atoms with E-state index in [1.54, 1.807) is 0 Å². The summed E-state index contributed by atoms with van der Waals surface area (Å²) in [5, 5.41) is 0. The molecule has 1 aliphatic heterocycles. The van der Waals surface area contributed by atoms with Crippen molar-refractivity contribution in [3.63, 3.8) is 0 Å². The number of piperidine rings is 1. The van der Waals surface area contributed by atoms with Crippen molar-refractivity contribution in [2.24, 2.45) is 11.3 Å². The molecule has 0 radical (unpaired) electrons. The van der Waals surface area contributed by atoms with Crippen LogP contribution in [0.2, 0.25) is 0 Å². The van der Waals surface area contributed by atoms with E-state index >= 15 is 0 Å². The summed E-state index contributed by atoms with van der Waals surface area (Å²) in [6, 6.07) is 9.97. The lowest BCUT2D eigenvalue weighted by Crippen LogP contribution is -2.47. The molecule has 0 bridgehead atoms. The summed E-state index contributed by atoms with van der Waals surface area (Å²) in [7, 11) is 0. The Hall–Kier alpha value is -1.00. The summed E-state index contributed by atoms with van der Waals surface area (Å²) < 4.78 is 1.86. The van der Waals surface area contributed by atoms with Crippen LogP contribution in [0, 0.1) is 11.3 Å². The molecular formula is C18H28N2OS. The van der Waals surface area contributed by atoms with Crippen LogP contribution in [-0.2, 0) is 4.79 Å². The summed E-state index contributed by atoms with van der Waals surface area (Å²) >= 11 is 1.50. The number of carbonyl (C=O) groups is 1. The predicted octanol–water partition coefficient (Wildman–Crippen LogP) is 4.06. The van der Waals surface area contributed by atoms with Crippen LogP contribution in [0.25, 0.3) is 0 Å². The van der Waals surface area contributed by atoms with E-state index in [1.165, 1.54) is 11.9 Å². The molecule has 3 nitrogen and oxygen atoms in total. The maximum atomic E-state index is 13.1. The van der Waals surface area contributed by atoms with E-state index in [9.17, 15) is 4.79 Å². The lowest BCUT2D eigenvalue weighted by atomic mass is 9.79. The van der Waals surface area contributed by atoms with Gasteiger partial charge in [0.05, 0.1) is 11.1 Å². The number of carbonyl (C=O) groups excluding carboxylic acids is 1. The van der Waals surface area contributed by atoms with Gasteiger partial charge in [0.2, 0.25) is 5.91 Å². The van der Waals surface area contributed by atoms with E-state index in [1.807, 2.05) is 40.9 Å². The van der Waals surface area contributed by atoms with Crippen molar-refractivity contribution in [2.45, 2.75) is 33.6 Å². The molecule has 1 amide bonds. The number of amides is 1. The number of para-hydroxylation sites is 1. The fourth-order valence-corrected chi connectivity index (χ4v) is 3.79. The summed E-state index contributed by atoms with van der Waals surface area (Å²) in [5.41, 5.74) is 0.734. The smallest absolute Gasteiger partial charge is 0.243 e. The van der Waals surface area contributed by atoms with Crippen LogP contribution in [0.5, 0.6) is 0 Å². The lowest BCUT2D eigenvalue weighted by molar-refractivity contribution is -0.128. The molecule has 0 aromatic heterocycles. The summed E-state index contributed by atoms with van der Waals surface area (Å²) in [6.45, 7) is 9.83. The first-order valence-corrected chi connectivity index (χ1v) is 9.30. The molecule has 1 aromatic rings. The molecule has 2 rings (SSSR count). The second kappa shape index (κ2) is 7.51. The second-order valence-electron chi connectivity index (χ2n) is 6.87. The Bertz CT molecular complexity index is 481. The van der Waals surface area contributed by atoms with Gasteiger partial charge in [0.1, 0.15) is 0 Å². The first kappa shape index (κ1) is 17.4. The van der Waals surface area contributed by atoms with Crippen LogP contribution in [0.4, 0.5) is 5.69 Å². The van der Waals surface area contributed by atoms with Gasteiger partial charge in [-0.25, -0.2) is 0 Å². The largest absolute Gasteiger partial charge is 0.303 e. The van der Waals surface area contributed by atoms with Crippen molar-refractivity contribution in [1.82, 2.24) is 4.90 Å². The molecule has 0 saturated carbocycles. The van der Waals surface area contributed by atoms with Gasteiger partial charge in [0.25, 0.3) is 0 Å². The zero-order valence-electron chi connectivity index (χ0n) is 14.2. The third kappa shape index (κ3) is 4.05. The number of hydrogen-bond donors (Lipinski definition) is 0. The van der Waals surface area contributed by atoms with E-state index < -0.39 is 0 Å². The maximum Gasteiger partial charge on any atom is 0.243 e. The number of rotatable bonds is 5. The predicted molar refractivity (Wildman–Crippen MR) is 96.1 cm³/mol. The highest BCUT2D eigenvalue weighted by Gasteiger charge is 2.40. The van der Waals surface area contributed by atoms with Crippen molar-refractivity contribution in [3.8, 4) is 0 Å². The van der Waals surface area contributed by atoms with Crippen LogP contribution in [0.3, 0.4) is 0 Å². The Morgan fingerprint density at radius 1 is 1.27 bits per heavy atom.